The van der Waals surface area contributed by atoms with Crippen molar-refractivity contribution < 1.29 is 27.8 Å². The second-order valence-corrected chi connectivity index (χ2v) is 6.05. The number of hydrogen-bond acceptors (Lipinski definition) is 9. The molecule has 0 saturated heterocycles. The Morgan fingerprint density at radius 1 is 1.23 bits per heavy atom. The molecule has 11 nitrogen and oxygen atoms in total. The molecule has 0 amide bonds. The molecule has 0 aliphatic heterocycles. The lowest BCUT2D eigenvalue weighted by molar-refractivity contribution is -0.384. The highest BCUT2D eigenvalue weighted by molar-refractivity contribution is 5.78. The average Bonchev–Trinajstić information content (AvgIpc) is 3.31. The summed E-state index contributed by atoms with van der Waals surface area (Å²) in [6, 6.07) is 8.98. The Morgan fingerprint density at radius 2 is 2.00 bits per heavy atom. The molecule has 0 saturated carbocycles. The third kappa shape index (κ3) is 3.78. The molecular weight excluding hydrogens is 403 g/mol. The van der Waals surface area contributed by atoms with Crippen LogP contribution in [0.1, 0.15) is 5.82 Å². The maximum Gasteiger partial charge on any atom is 0.420 e. The van der Waals surface area contributed by atoms with Gasteiger partial charge in [0.25, 0.3) is 11.6 Å². The SMILES string of the molecule is O=C(Cn1c(=O)oc2cc([N+](=O)[O-])ccc21)OCc1noc(-c2ccc(F)cc2)n1. The minimum absolute atomic E-state index is 0.0240. The second kappa shape index (κ2) is 7.58. The van der Waals surface area contributed by atoms with Crippen LogP contribution in [-0.4, -0.2) is 25.6 Å². The first-order valence-electron chi connectivity index (χ1n) is 8.42. The van der Waals surface area contributed by atoms with Gasteiger partial charge in [0.05, 0.1) is 16.5 Å². The fraction of sp³-hybridized carbons (Fsp3) is 0.111. The zero-order chi connectivity index (χ0) is 21.3. The molecule has 2 aromatic carbocycles. The molecular formula is C18H11FN4O7. The Hall–Kier alpha value is -4.35. The van der Waals surface area contributed by atoms with Crippen molar-refractivity contribution in [2.45, 2.75) is 13.2 Å². The average molecular weight is 414 g/mol. The summed E-state index contributed by atoms with van der Waals surface area (Å²) < 4.78 is 29.0. The van der Waals surface area contributed by atoms with Crippen molar-refractivity contribution in [3.63, 3.8) is 0 Å². The Kier molecular flexibility index (Phi) is 4.80. The molecule has 0 aliphatic rings. The van der Waals surface area contributed by atoms with Gasteiger partial charge in [-0.25, -0.2) is 9.18 Å². The second-order valence-electron chi connectivity index (χ2n) is 6.05. The van der Waals surface area contributed by atoms with E-state index in [1.165, 1.54) is 36.4 Å². The van der Waals surface area contributed by atoms with Crippen molar-refractivity contribution >= 4 is 22.8 Å². The van der Waals surface area contributed by atoms with Crippen molar-refractivity contribution in [3.8, 4) is 11.5 Å². The van der Waals surface area contributed by atoms with Gasteiger partial charge in [0, 0.05) is 11.6 Å². The van der Waals surface area contributed by atoms with Crippen molar-refractivity contribution in [1.82, 2.24) is 14.7 Å². The van der Waals surface area contributed by atoms with Crippen LogP contribution in [-0.2, 0) is 22.7 Å². The number of fused-ring (bicyclic) bond motifs is 1. The van der Waals surface area contributed by atoms with Crippen molar-refractivity contribution in [2.24, 2.45) is 0 Å². The lowest BCUT2D eigenvalue weighted by atomic mass is 10.2. The molecule has 0 spiro atoms. The summed E-state index contributed by atoms with van der Waals surface area (Å²) in [6.07, 6.45) is 0. The van der Waals surface area contributed by atoms with E-state index < -0.39 is 29.0 Å². The predicted molar refractivity (Wildman–Crippen MR) is 96.6 cm³/mol. The Balaban J connectivity index is 1.43. The van der Waals surface area contributed by atoms with E-state index in [2.05, 4.69) is 10.1 Å². The van der Waals surface area contributed by atoms with Crippen LogP contribution in [0.3, 0.4) is 0 Å². The van der Waals surface area contributed by atoms with Gasteiger partial charge in [0.1, 0.15) is 12.4 Å². The number of benzene rings is 2. The van der Waals surface area contributed by atoms with Gasteiger partial charge >= 0.3 is 11.7 Å². The largest absolute Gasteiger partial charge is 0.456 e. The van der Waals surface area contributed by atoms with Gasteiger partial charge in [-0.2, -0.15) is 4.98 Å². The standard InChI is InChI=1S/C18H11FN4O7/c19-11-3-1-10(2-4-11)17-20-15(21-30-17)9-28-16(24)8-22-13-6-5-12(23(26)27)7-14(13)29-18(22)25/h1-7H,8-9H2. The number of nitro benzene ring substituents is 1. The molecule has 4 aromatic rings. The van der Waals surface area contributed by atoms with E-state index in [-0.39, 0.29) is 35.1 Å². The van der Waals surface area contributed by atoms with E-state index in [0.717, 1.165) is 10.6 Å². The van der Waals surface area contributed by atoms with Crippen molar-refractivity contribution in [3.05, 3.63) is 74.8 Å². The first-order chi connectivity index (χ1) is 14.4. The van der Waals surface area contributed by atoms with Crippen LogP contribution in [0.5, 0.6) is 0 Å². The summed E-state index contributed by atoms with van der Waals surface area (Å²) in [6.45, 7) is -0.800. The molecule has 12 heteroatoms. The van der Waals surface area contributed by atoms with Crippen LogP contribution in [0, 0.1) is 15.9 Å². The number of ether oxygens (including phenoxy) is 1. The molecule has 0 radical (unpaired) electrons. The Bertz CT molecular complexity index is 1310. The monoisotopic (exact) mass is 414 g/mol. The number of nitro groups is 1. The van der Waals surface area contributed by atoms with Crippen LogP contribution in [0.2, 0.25) is 0 Å². The fourth-order valence-electron chi connectivity index (χ4n) is 2.66. The quantitative estimate of drug-likeness (QED) is 0.264. The number of nitrogens with zero attached hydrogens (tertiary/aromatic N) is 4. The molecule has 152 valence electrons. The third-order valence-corrected chi connectivity index (χ3v) is 4.07. The normalized spacial score (nSPS) is 11.0. The van der Waals surface area contributed by atoms with E-state index in [9.17, 15) is 24.1 Å². The summed E-state index contributed by atoms with van der Waals surface area (Å²) in [7, 11) is 0. The zero-order valence-corrected chi connectivity index (χ0v) is 15.0. The number of hydrogen-bond donors (Lipinski definition) is 0. The maximum absolute atomic E-state index is 13.0. The molecule has 2 aromatic heterocycles. The number of rotatable bonds is 6. The van der Waals surface area contributed by atoms with Crippen LogP contribution < -0.4 is 5.76 Å². The molecule has 0 atom stereocenters. The van der Waals surface area contributed by atoms with E-state index in [1.807, 2.05) is 0 Å². The maximum atomic E-state index is 13.0. The van der Waals surface area contributed by atoms with Gasteiger partial charge in [-0.05, 0) is 30.3 Å². The number of non-ortho nitro benzene ring substituents is 1. The Labute approximate surface area is 165 Å². The molecule has 30 heavy (non-hydrogen) atoms. The predicted octanol–water partition coefficient (Wildman–Crippen LogP) is 2.44. The number of esters is 1. The highest BCUT2D eigenvalue weighted by Crippen LogP contribution is 2.20. The third-order valence-electron chi connectivity index (χ3n) is 4.07. The van der Waals surface area contributed by atoms with Crippen LogP contribution >= 0.6 is 0 Å². The van der Waals surface area contributed by atoms with Gasteiger partial charge in [-0.1, -0.05) is 5.16 Å². The molecule has 0 unspecified atom stereocenters. The van der Waals surface area contributed by atoms with E-state index >= 15 is 0 Å². The van der Waals surface area contributed by atoms with E-state index in [4.69, 9.17) is 13.7 Å². The number of aromatic nitrogens is 3. The summed E-state index contributed by atoms with van der Waals surface area (Å²) in [5, 5.41) is 14.5. The summed E-state index contributed by atoms with van der Waals surface area (Å²) >= 11 is 0. The van der Waals surface area contributed by atoms with Crippen molar-refractivity contribution in [2.75, 3.05) is 0 Å². The highest BCUT2D eigenvalue weighted by Gasteiger charge is 2.17. The molecule has 0 bridgehead atoms. The minimum Gasteiger partial charge on any atom is -0.456 e. The van der Waals surface area contributed by atoms with Gasteiger partial charge < -0.3 is 13.7 Å². The Morgan fingerprint density at radius 3 is 2.73 bits per heavy atom. The molecule has 0 aliphatic carbocycles. The number of carbonyl (C=O) groups is 1. The minimum atomic E-state index is -0.861. The fourth-order valence-corrected chi connectivity index (χ4v) is 2.66. The molecule has 0 N–H and O–H groups in total. The zero-order valence-electron chi connectivity index (χ0n) is 15.0. The lowest BCUT2D eigenvalue weighted by Crippen LogP contribution is -2.21. The summed E-state index contributed by atoms with van der Waals surface area (Å²) in [5.74, 6) is -1.86. The first-order valence-corrected chi connectivity index (χ1v) is 8.42. The topological polar surface area (TPSA) is 144 Å². The van der Waals surface area contributed by atoms with Crippen LogP contribution in [0.15, 0.2) is 56.2 Å². The summed E-state index contributed by atoms with van der Waals surface area (Å²) in [4.78, 5) is 38.3. The van der Waals surface area contributed by atoms with E-state index in [1.54, 1.807) is 0 Å². The van der Waals surface area contributed by atoms with Gasteiger partial charge in [-0.15, -0.1) is 0 Å². The first kappa shape index (κ1) is 19.0. The van der Waals surface area contributed by atoms with Gasteiger partial charge in [0.15, 0.2) is 12.2 Å². The lowest BCUT2D eigenvalue weighted by Gasteiger charge is -2.02. The smallest absolute Gasteiger partial charge is 0.420 e. The van der Waals surface area contributed by atoms with E-state index in [0.29, 0.717) is 5.56 Å². The number of halogens is 1. The van der Waals surface area contributed by atoms with Gasteiger partial charge in [-0.3, -0.25) is 19.5 Å². The molecule has 0 fully saturated rings. The van der Waals surface area contributed by atoms with Crippen molar-refractivity contribution in [1.29, 1.82) is 0 Å². The van der Waals surface area contributed by atoms with Crippen LogP contribution in [0.4, 0.5) is 10.1 Å². The number of carbonyl (C=O) groups excluding carboxylic acids is 1. The highest BCUT2D eigenvalue weighted by atomic mass is 19.1. The van der Waals surface area contributed by atoms with Gasteiger partial charge in [0.2, 0.25) is 5.82 Å². The van der Waals surface area contributed by atoms with Crippen LogP contribution in [0.25, 0.3) is 22.6 Å². The number of oxazole rings is 1. The molecule has 2 heterocycles. The summed E-state index contributed by atoms with van der Waals surface area (Å²) in [5.41, 5.74) is 0.428. The molecule has 4 rings (SSSR count).